The van der Waals surface area contributed by atoms with E-state index in [1.54, 1.807) is 6.92 Å². The number of carbonyl (C=O) groups is 1. The van der Waals surface area contributed by atoms with Gasteiger partial charge in [-0.15, -0.1) is 0 Å². The Morgan fingerprint density at radius 3 is 2.48 bits per heavy atom. The molecule has 23 heavy (non-hydrogen) atoms. The fraction of sp³-hybridized carbons (Fsp3) is 0.353. The summed E-state index contributed by atoms with van der Waals surface area (Å²) in [4.78, 5) is 18.6. The van der Waals surface area contributed by atoms with Crippen LogP contribution in [0.3, 0.4) is 0 Å². The van der Waals surface area contributed by atoms with Gasteiger partial charge in [0.15, 0.2) is 5.69 Å². The predicted molar refractivity (Wildman–Crippen MR) is 87.4 cm³/mol. The molecule has 1 aromatic carbocycles. The van der Waals surface area contributed by atoms with E-state index < -0.39 is 17.5 Å². The minimum Gasteiger partial charge on any atom is -0.476 e. The smallest absolute Gasteiger partial charge is 0.356 e. The Morgan fingerprint density at radius 1 is 1.26 bits per heavy atom. The molecular weight excluding hydrogens is 294 g/mol. The van der Waals surface area contributed by atoms with E-state index in [0.29, 0.717) is 18.8 Å². The minimum absolute atomic E-state index is 0.0990. The van der Waals surface area contributed by atoms with Crippen LogP contribution in [0, 0.1) is 5.41 Å². The quantitative estimate of drug-likeness (QED) is 0.725. The molecule has 0 spiro atoms. The van der Waals surface area contributed by atoms with Gasteiger partial charge in [-0.2, -0.15) is 0 Å². The average Bonchev–Trinajstić information content (AvgIpc) is 2.54. The van der Waals surface area contributed by atoms with Crippen LogP contribution in [0.2, 0.25) is 0 Å². The van der Waals surface area contributed by atoms with Crippen molar-refractivity contribution in [1.29, 1.82) is 0 Å². The Morgan fingerprint density at radius 2 is 1.96 bits per heavy atom. The van der Waals surface area contributed by atoms with Gasteiger partial charge in [-0.05, 0) is 18.9 Å². The van der Waals surface area contributed by atoms with Crippen molar-refractivity contribution in [2.75, 3.05) is 11.9 Å². The highest BCUT2D eigenvalue weighted by Gasteiger charge is 2.30. The zero-order chi connectivity index (χ0) is 16.9. The molecule has 3 N–H and O–H groups in total. The van der Waals surface area contributed by atoms with Crippen molar-refractivity contribution in [3.63, 3.8) is 0 Å². The standard InChI is InChI=1S/C17H21N3O3/c1-12(21)17(2,8-13-6-4-3-5-7-13)11-20-15-10-18-14(9-19-15)16(22)23/h3-7,9-10,12,21H,8,11H2,1-2H3,(H,19,20)(H,22,23). The van der Waals surface area contributed by atoms with Crippen LogP contribution in [0.4, 0.5) is 5.82 Å². The molecule has 2 unspecified atom stereocenters. The van der Waals surface area contributed by atoms with Gasteiger partial charge in [0, 0.05) is 12.0 Å². The second-order valence-corrected chi connectivity index (χ2v) is 5.94. The number of hydrogen-bond acceptors (Lipinski definition) is 5. The van der Waals surface area contributed by atoms with Gasteiger partial charge in [-0.3, -0.25) is 0 Å². The highest BCUT2D eigenvalue weighted by molar-refractivity contribution is 5.84. The molecule has 2 atom stereocenters. The largest absolute Gasteiger partial charge is 0.476 e. The van der Waals surface area contributed by atoms with E-state index >= 15 is 0 Å². The molecule has 0 amide bonds. The molecule has 0 aliphatic heterocycles. The molecule has 2 rings (SSSR count). The van der Waals surface area contributed by atoms with Crippen LogP contribution in [0.1, 0.15) is 29.9 Å². The van der Waals surface area contributed by atoms with Gasteiger partial charge in [0.1, 0.15) is 5.82 Å². The summed E-state index contributed by atoms with van der Waals surface area (Å²) in [6.07, 6.45) is 2.77. The molecular formula is C17H21N3O3. The highest BCUT2D eigenvalue weighted by Crippen LogP contribution is 2.27. The third-order valence-electron chi connectivity index (χ3n) is 4.00. The van der Waals surface area contributed by atoms with E-state index in [1.807, 2.05) is 37.3 Å². The molecule has 2 aromatic rings. The van der Waals surface area contributed by atoms with Crippen LogP contribution in [-0.4, -0.2) is 38.8 Å². The summed E-state index contributed by atoms with van der Waals surface area (Å²) in [5.74, 6) is -0.628. The van der Waals surface area contributed by atoms with Crippen molar-refractivity contribution in [1.82, 2.24) is 9.97 Å². The molecule has 0 saturated carbocycles. The van der Waals surface area contributed by atoms with Crippen LogP contribution < -0.4 is 5.32 Å². The zero-order valence-corrected chi connectivity index (χ0v) is 13.2. The molecule has 0 fully saturated rings. The molecule has 6 heteroatoms. The molecule has 0 bridgehead atoms. The van der Waals surface area contributed by atoms with Gasteiger partial charge in [0.25, 0.3) is 0 Å². The van der Waals surface area contributed by atoms with Crippen molar-refractivity contribution < 1.29 is 15.0 Å². The topological polar surface area (TPSA) is 95.3 Å². The van der Waals surface area contributed by atoms with Gasteiger partial charge in [0.2, 0.25) is 0 Å². The fourth-order valence-electron chi connectivity index (χ4n) is 2.24. The van der Waals surface area contributed by atoms with Crippen molar-refractivity contribution in [2.24, 2.45) is 5.41 Å². The average molecular weight is 315 g/mol. The number of carboxylic acid groups (broad SMARTS) is 1. The first-order valence-electron chi connectivity index (χ1n) is 7.42. The van der Waals surface area contributed by atoms with E-state index in [9.17, 15) is 9.90 Å². The monoisotopic (exact) mass is 315 g/mol. The molecule has 0 saturated heterocycles. The number of benzene rings is 1. The van der Waals surface area contributed by atoms with Crippen molar-refractivity contribution >= 4 is 11.8 Å². The van der Waals surface area contributed by atoms with E-state index in [4.69, 9.17) is 5.11 Å². The maximum atomic E-state index is 10.8. The van der Waals surface area contributed by atoms with Gasteiger partial charge in [-0.1, -0.05) is 37.3 Å². The van der Waals surface area contributed by atoms with Gasteiger partial charge >= 0.3 is 5.97 Å². The van der Waals surface area contributed by atoms with E-state index in [1.165, 1.54) is 12.4 Å². The Balaban J connectivity index is 2.05. The SMILES string of the molecule is CC(O)C(C)(CNc1cnc(C(=O)O)cn1)Cc1ccccc1. The summed E-state index contributed by atoms with van der Waals surface area (Å²) in [6.45, 7) is 4.25. The zero-order valence-electron chi connectivity index (χ0n) is 13.2. The third-order valence-corrected chi connectivity index (χ3v) is 4.00. The summed E-state index contributed by atoms with van der Waals surface area (Å²) < 4.78 is 0. The summed E-state index contributed by atoms with van der Waals surface area (Å²) in [7, 11) is 0. The van der Waals surface area contributed by atoms with Crippen LogP contribution in [0.25, 0.3) is 0 Å². The fourth-order valence-corrected chi connectivity index (χ4v) is 2.24. The molecule has 0 aliphatic rings. The van der Waals surface area contributed by atoms with E-state index in [-0.39, 0.29) is 5.69 Å². The number of hydrogen-bond donors (Lipinski definition) is 3. The minimum atomic E-state index is -1.11. The van der Waals surface area contributed by atoms with Crippen molar-refractivity contribution in [2.45, 2.75) is 26.4 Å². The molecule has 0 aliphatic carbocycles. The lowest BCUT2D eigenvalue weighted by Gasteiger charge is -2.33. The number of nitrogens with one attached hydrogen (secondary N) is 1. The third kappa shape index (κ3) is 4.50. The number of rotatable bonds is 7. The summed E-state index contributed by atoms with van der Waals surface area (Å²) >= 11 is 0. The second-order valence-electron chi connectivity index (χ2n) is 5.94. The molecule has 1 aromatic heterocycles. The first kappa shape index (κ1) is 16.9. The number of aliphatic hydroxyl groups excluding tert-OH is 1. The molecule has 0 radical (unpaired) electrons. The van der Waals surface area contributed by atoms with E-state index in [2.05, 4.69) is 15.3 Å². The van der Waals surface area contributed by atoms with Crippen molar-refractivity contribution in [3.05, 3.63) is 54.0 Å². The summed E-state index contributed by atoms with van der Waals surface area (Å²) in [5.41, 5.74) is 0.650. The normalized spacial score (nSPS) is 14.7. The molecule has 6 nitrogen and oxygen atoms in total. The number of nitrogens with zero attached hydrogens (tertiary/aromatic N) is 2. The number of aliphatic hydroxyl groups is 1. The Labute approximate surface area is 135 Å². The van der Waals surface area contributed by atoms with Crippen LogP contribution in [0.15, 0.2) is 42.7 Å². The number of anilines is 1. The predicted octanol–water partition coefficient (Wildman–Crippen LogP) is 2.22. The number of aromatic nitrogens is 2. The Hall–Kier alpha value is -2.47. The maximum absolute atomic E-state index is 10.8. The number of aromatic carboxylic acids is 1. The van der Waals surface area contributed by atoms with Gasteiger partial charge in [-0.25, -0.2) is 14.8 Å². The van der Waals surface area contributed by atoms with E-state index in [0.717, 1.165) is 5.56 Å². The maximum Gasteiger partial charge on any atom is 0.356 e. The van der Waals surface area contributed by atoms with Crippen LogP contribution in [-0.2, 0) is 6.42 Å². The first-order chi connectivity index (χ1) is 10.9. The Kier molecular flexibility index (Phi) is 5.28. The van der Waals surface area contributed by atoms with Crippen LogP contribution >= 0.6 is 0 Å². The lowest BCUT2D eigenvalue weighted by molar-refractivity contribution is 0.0619. The summed E-state index contributed by atoms with van der Waals surface area (Å²) in [5, 5.41) is 22.1. The Bertz CT molecular complexity index is 644. The van der Waals surface area contributed by atoms with Crippen molar-refractivity contribution in [3.8, 4) is 0 Å². The molecule has 122 valence electrons. The first-order valence-corrected chi connectivity index (χ1v) is 7.42. The van der Waals surface area contributed by atoms with Gasteiger partial charge < -0.3 is 15.5 Å². The highest BCUT2D eigenvalue weighted by atomic mass is 16.4. The van der Waals surface area contributed by atoms with Crippen LogP contribution in [0.5, 0.6) is 0 Å². The molecule has 1 heterocycles. The lowest BCUT2D eigenvalue weighted by atomic mass is 9.79. The lowest BCUT2D eigenvalue weighted by Crippen LogP contribution is -2.39. The van der Waals surface area contributed by atoms with Gasteiger partial charge in [0.05, 0.1) is 18.5 Å². The summed E-state index contributed by atoms with van der Waals surface area (Å²) in [6, 6.07) is 9.97. The second kappa shape index (κ2) is 7.19. The number of carboxylic acids is 1.